The fourth-order valence-electron chi connectivity index (χ4n) is 2.33. The van der Waals surface area contributed by atoms with Gasteiger partial charge in [0.25, 0.3) is 0 Å². The molecule has 0 spiro atoms. The average molecular weight is 288 g/mol. The molecule has 0 radical (unpaired) electrons. The summed E-state index contributed by atoms with van der Waals surface area (Å²) in [5.41, 5.74) is 0.861. The van der Waals surface area contributed by atoms with Crippen LogP contribution in [0.3, 0.4) is 0 Å². The van der Waals surface area contributed by atoms with Gasteiger partial charge in [-0.15, -0.1) is 0 Å². The second kappa shape index (κ2) is 6.75. The molecule has 1 amide bonds. The zero-order chi connectivity index (χ0) is 15.2. The molecule has 1 fully saturated rings. The molecule has 6 nitrogen and oxygen atoms in total. The van der Waals surface area contributed by atoms with Crippen molar-refractivity contribution < 1.29 is 19.4 Å². The second-order valence-electron chi connectivity index (χ2n) is 4.94. The Morgan fingerprint density at radius 1 is 1.38 bits per heavy atom. The number of ether oxygens (including phenoxy) is 1. The molecule has 21 heavy (non-hydrogen) atoms. The van der Waals surface area contributed by atoms with Gasteiger partial charge in [0.05, 0.1) is 12.0 Å². The number of carbonyl (C=O) groups excluding carboxylic acids is 1. The maximum absolute atomic E-state index is 12.0. The first kappa shape index (κ1) is 14.9. The first-order chi connectivity index (χ1) is 10.1. The molecule has 2 atom stereocenters. The van der Waals surface area contributed by atoms with Gasteiger partial charge in [-0.3, -0.25) is 9.69 Å². The van der Waals surface area contributed by atoms with Crippen molar-refractivity contribution in [1.29, 1.82) is 5.26 Å². The van der Waals surface area contributed by atoms with Crippen molar-refractivity contribution in [2.24, 2.45) is 5.92 Å². The molecular weight excluding hydrogens is 272 g/mol. The van der Waals surface area contributed by atoms with Crippen molar-refractivity contribution in [2.45, 2.75) is 25.5 Å². The highest BCUT2D eigenvalue weighted by atomic mass is 16.6. The molecule has 1 aliphatic rings. The minimum Gasteiger partial charge on any atom is -0.481 e. The monoisotopic (exact) mass is 288 g/mol. The number of rotatable bonds is 3. The van der Waals surface area contributed by atoms with Crippen molar-refractivity contribution in [2.75, 3.05) is 6.54 Å². The van der Waals surface area contributed by atoms with Crippen LogP contribution in [0.15, 0.2) is 30.3 Å². The lowest BCUT2D eigenvalue weighted by Gasteiger charge is -2.33. The molecule has 1 aromatic carbocycles. The van der Waals surface area contributed by atoms with Crippen molar-refractivity contribution >= 4 is 12.1 Å². The van der Waals surface area contributed by atoms with Gasteiger partial charge in [0.1, 0.15) is 12.6 Å². The van der Waals surface area contributed by atoms with Gasteiger partial charge >= 0.3 is 12.1 Å². The van der Waals surface area contributed by atoms with Crippen LogP contribution in [-0.2, 0) is 16.1 Å². The Bertz CT molecular complexity index is 553. The smallest absolute Gasteiger partial charge is 0.411 e. The van der Waals surface area contributed by atoms with Crippen LogP contribution in [-0.4, -0.2) is 34.7 Å². The van der Waals surface area contributed by atoms with Gasteiger partial charge in [-0.25, -0.2) is 4.79 Å². The van der Waals surface area contributed by atoms with Gasteiger partial charge in [-0.05, 0) is 18.4 Å². The first-order valence-corrected chi connectivity index (χ1v) is 6.71. The highest BCUT2D eigenvalue weighted by Gasteiger charge is 2.35. The standard InChI is InChI=1S/C15H16N2O4/c16-9-13-8-12(14(18)19)6-7-17(13)15(20)21-10-11-4-2-1-3-5-11/h1-5,12-13H,6-8,10H2,(H,18,19). The predicted octanol–water partition coefficient (Wildman–Crippen LogP) is 2.01. The molecule has 0 bridgehead atoms. The molecular formula is C15H16N2O4. The average Bonchev–Trinajstić information content (AvgIpc) is 2.52. The number of amides is 1. The molecule has 2 unspecified atom stereocenters. The maximum Gasteiger partial charge on any atom is 0.411 e. The number of benzene rings is 1. The lowest BCUT2D eigenvalue weighted by Crippen LogP contribution is -2.47. The number of carboxylic acid groups (broad SMARTS) is 1. The van der Waals surface area contributed by atoms with E-state index in [0.717, 1.165) is 5.56 Å². The molecule has 1 heterocycles. The molecule has 1 saturated heterocycles. The summed E-state index contributed by atoms with van der Waals surface area (Å²) in [6.45, 7) is 0.361. The third kappa shape index (κ3) is 3.72. The van der Waals surface area contributed by atoms with Crippen LogP contribution in [0.5, 0.6) is 0 Å². The van der Waals surface area contributed by atoms with Crippen LogP contribution in [0.25, 0.3) is 0 Å². The van der Waals surface area contributed by atoms with E-state index in [1.807, 2.05) is 36.4 Å². The molecule has 1 aliphatic heterocycles. The van der Waals surface area contributed by atoms with E-state index in [-0.39, 0.29) is 19.6 Å². The highest BCUT2D eigenvalue weighted by molar-refractivity contribution is 5.72. The Kier molecular flexibility index (Phi) is 4.77. The Hall–Kier alpha value is -2.55. The summed E-state index contributed by atoms with van der Waals surface area (Å²) < 4.78 is 5.18. The fraction of sp³-hybridized carbons (Fsp3) is 0.400. The van der Waals surface area contributed by atoms with Gasteiger partial charge in [0.2, 0.25) is 0 Å². The molecule has 110 valence electrons. The number of carboxylic acids is 1. The third-order valence-electron chi connectivity index (χ3n) is 3.54. The van der Waals surface area contributed by atoms with Crippen molar-refractivity contribution in [3.05, 3.63) is 35.9 Å². The summed E-state index contributed by atoms with van der Waals surface area (Å²) in [6.07, 6.45) is -0.0884. The lowest BCUT2D eigenvalue weighted by molar-refractivity contribution is -0.143. The van der Waals surface area contributed by atoms with E-state index in [1.54, 1.807) is 0 Å². The lowest BCUT2D eigenvalue weighted by atomic mass is 9.92. The normalized spacial score (nSPS) is 21.4. The highest BCUT2D eigenvalue weighted by Crippen LogP contribution is 2.23. The van der Waals surface area contributed by atoms with Crippen LogP contribution in [0, 0.1) is 17.2 Å². The summed E-state index contributed by atoms with van der Waals surface area (Å²) in [5.74, 6) is -1.50. The van der Waals surface area contributed by atoms with Gasteiger partial charge in [-0.1, -0.05) is 30.3 Å². The minimum absolute atomic E-state index is 0.136. The molecule has 0 aliphatic carbocycles. The number of hydrogen-bond donors (Lipinski definition) is 1. The quantitative estimate of drug-likeness (QED) is 0.918. The molecule has 6 heteroatoms. The van der Waals surface area contributed by atoms with Crippen LogP contribution >= 0.6 is 0 Å². The van der Waals surface area contributed by atoms with Crippen LogP contribution in [0.4, 0.5) is 4.79 Å². The topological polar surface area (TPSA) is 90.6 Å². The van der Waals surface area contributed by atoms with Crippen molar-refractivity contribution in [3.63, 3.8) is 0 Å². The maximum atomic E-state index is 12.0. The number of nitriles is 1. The van der Waals surface area contributed by atoms with Crippen molar-refractivity contribution in [3.8, 4) is 6.07 Å². The summed E-state index contributed by atoms with van der Waals surface area (Å²) in [6, 6.07) is 10.5. The fourth-order valence-corrected chi connectivity index (χ4v) is 2.33. The largest absolute Gasteiger partial charge is 0.481 e. The van der Waals surface area contributed by atoms with E-state index in [2.05, 4.69) is 0 Å². The first-order valence-electron chi connectivity index (χ1n) is 6.71. The summed E-state index contributed by atoms with van der Waals surface area (Å²) >= 11 is 0. The van der Waals surface area contributed by atoms with E-state index in [1.165, 1.54) is 4.90 Å². The molecule has 1 N–H and O–H groups in total. The molecule has 0 aromatic heterocycles. The summed E-state index contributed by atoms with van der Waals surface area (Å²) in [5, 5.41) is 18.1. The Morgan fingerprint density at radius 2 is 2.10 bits per heavy atom. The number of aliphatic carboxylic acids is 1. The van der Waals surface area contributed by atoms with Crippen LogP contribution in [0.1, 0.15) is 18.4 Å². The van der Waals surface area contributed by atoms with E-state index in [0.29, 0.717) is 6.42 Å². The van der Waals surface area contributed by atoms with Crippen LogP contribution in [0.2, 0.25) is 0 Å². The van der Waals surface area contributed by atoms with Gasteiger partial charge in [0, 0.05) is 6.54 Å². The second-order valence-corrected chi connectivity index (χ2v) is 4.94. The molecule has 0 saturated carbocycles. The minimum atomic E-state index is -0.924. The SMILES string of the molecule is N#CC1CC(C(=O)O)CCN1C(=O)OCc1ccccc1. The number of piperidine rings is 1. The molecule has 2 rings (SSSR count). The van der Waals surface area contributed by atoms with Crippen LogP contribution < -0.4 is 0 Å². The number of hydrogen-bond acceptors (Lipinski definition) is 4. The van der Waals surface area contributed by atoms with Crippen molar-refractivity contribution in [1.82, 2.24) is 4.90 Å². The summed E-state index contributed by atoms with van der Waals surface area (Å²) in [4.78, 5) is 24.3. The summed E-state index contributed by atoms with van der Waals surface area (Å²) in [7, 11) is 0. The van der Waals surface area contributed by atoms with E-state index < -0.39 is 24.0 Å². The van der Waals surface area contributed by atoms with E-state index >= 15 is 0 Å². The van der Waals surface area contributed by atoms with E-state index in [4.69, 9.17) is 15.1 Å². The zero-order valence-corrected chi connectivity index (χ0v) is 11.4. The van der Waals surface area contributed by atoms with Gasteiger partial charge in [0.15, 0.2) is 0 Å². The number of nitrogens with zero attached hydrogens (tertiary/aromatic N) is 2. The molecule has 1 aromatic rings. The number of carbonyl (C=O) groups is 2. The Labute approximate surface area is 122 Å². The van der Waals surface area contributed by atoms with Gasteiger partial charge in [-0.2, -0.15) is 5.26 Å². The zero-order valence-electron chi connectivity index (χ0n) is 11.4. The third-order valence-corrected chi connectivity index (χ3v) is 3.54. The van der Waals surface area contributed by atoms with Gasteiger partial charge < -0.3 is 9.84 Å². The van der Waals surface area contributed by atoms with E-state index in [9.17, 15) is 9.59 Å². The predicted molar refractivity (Wildman–Crippen MR) is 73.1 cm³/mol. The Morgan fingerprint density at radius 3 is 2.71 bits per heavy atom. The number of likely N-dealkylation sites (tertiary alicyclic amines) is 1. The Balaban J connectivity index is 1.93.